The maximum atomic E-state index is 11.7. The SMILES string of the molecule is CC(=O)N1CCC[C@@H](Cc2nccnc2-c2c(C)nn(C)c2C)C1. The van der Waals surface area contributed by atoms with Crippen molar-refractivity contribution >= 4 is 5.91 Å². The summed E-state index contributed by atoms with van der Waals surface area (Å²) in [5.74, 6) is 0.605. The van der Waals surface area contributed by atoms with Gasteiger partial charge >= 0.3 is 0 Å². The number of likely N-dealkylation sites (tertiary alicyclic amines) is 1. The van der Waals surface area contributed by atoms with E-state index in [-0.39, 0.29) is 5.91 Å². The van der Waals surface area contributed by atoms with E-state index in [1.54, 1.807) is 19.3 Å². The molecule has 1 saturated heterocycles. The van der Waals surface area contributed by atoms with Gasteiger partial charge in [0.15, 0.2) is 0 Å². The third kappa shape index (κ3) is 3.18. The molecule has 6 heteroatoms. The Kier molecular flexibility index (Phi) is 4.64. The van der Waals surface area contributed by atoms with Crippen molar-refractivity contribution in [1.82, 2.24) is 24.6 Å². The summed E-state index contributed by atoms with van der Waals surface area (Å²) >= 11 is 0. The fraction of sp³-hybridized carbons (Fsp3) is 0.556. The zero-order valence-corrected chi connectivity index (χ0v) is 14.9. The summed E-state index contributed by atoms with van der Waals surface area (Å²) in [4.78, 5) is 22.8. The van der Waals surface area contributed by atoms with E-state index >= 15 is 0 Å². The Morgan fingerprint density at radius 2 is 2.04 bits per heavy atom. The molecule has 0 unspecified atom stereocenters. The van der Waals surface area contributed by atoms with Crippen LogP contribution in [0, 0.1) is 19.8 Å². The molecule has 2 aromatic heterocycles. The average molecular weight is 327 g/mol. The van der Waals surface area contributed by atoms with Crippen molar-refractivity contribution in [3.8, 4) is 11.3 Å². The van der Waals surface area contributed by atoms with E-state index < -0.39 is 0 Å². The quantitative estimate of drug-likeness (QED) is 0.868. The molecule has 3 rings (SSSR count). The molecular weight excluding hydrogens is 302 g/mol. The summed E-state index contributed by atoms with van der Waals surface area (Å²) in [5.41, 5.74) is 5.10. The Hall–Kier alpha value is -2.24. The van der Waals surface area contributed by atoms with E-state index in [1.165, 1.54) is 0 Å². The predicted octanol–water partition coefficient (Wildman–Crippen LogP) is 2.29. The molecule has 2 aromatic rings. The first-order chi connectivity index (χ1) is 11.5. The van der Waals surface area contributed by atoms with Gasteiger partial charge in [-0.3, -0.25) is 19.4 Å². The molecule has 0 N–H and O–H groups in total. The maximum absolute atomic E-state index is 11.7. The molecule has 1 aliphatic heterocycles. The minimum atomic E-state index is 0.165. The van der Waals surface area contributed by atoms with E-state index in [2.05, 4.69) is 22.0 Å². The van der Waals surface area contributed by atoms with Crippen molar-refractivity contribution in [3.63, 3.8) is 0 Å². The number of aryl methyl sites for hydroxylation is 2. The highest BCUT2D eigenvalue weighted by Crippen LogP contribution is 2.29. The molecular formula is C18H25N5O. The van der Waals surface area contributed by atoms with Crippen LogP contribution >= 0.6 is 0 Å². The van der Waals surface area contributed by atoms with Gasteiger partial charge in [-0.25, -0.2) is 0 Å². The Balaban J connectivity index is 1.89. The molecule has 128 valence electrons. The first-order valence-electron chi connectivity index (χ1n) is 8.53. The van der Waals surface area contributed by atoms with Gasteiger partial charge in [0.1, 0.15) is 0 Å². The molecule has 6 nitrogen and oxygen atoms in total. The van der Waals surface area contributed by atoms with Crippen LogP contribution in [0.3, 0.4) is 0 Å². The largest absolute Gasteiger partial charge is 0.343 e. The highest BCUT2D eigenvalue weighted by atomic mass is 16.2. The van der Waals surface area contributed by atoms with Crippen molar-refractivity contribution in [3.05, 3.63) is 29.5 Å². The molecule has 0 bridgehead atoms. The summed E-state index contributed by atoms with van der Waals surface area (Å²) < 4.78 is 1.89. The summed E-state index contributed by atoms with van der Waals surface area (Å²) in [6.45, 7) is 7.42. The Morgan fingerprint density at radius 1 is 1.29 bits per heavy atom. The highest BCUT2D eigenvalue weighted by Gasteiger charge is 2.24. The zero-order valence-electron chi connectivity index (χ0n) is 14.9. The van der Waals surface area contributed by atoms with Gasteiger partial charge in [0.2, 0.25) is 5.91 Å². The summed E-state index contributed by atoms with van der Waals surface area (Å²) in [5, 5.41) is 4.51. The number of piperidine rings is 1. The Labute approximate surface area is 142 Å². The molecule has 1 fully saturated rings. The van der Waals surface area contributed by atoms with Gasteiger partial charge < -0.3 is 4.90 Å². The minimum Gasteiger partial charge on any atom is -0.343 e. The molecule has 1 atom stereocenters. The molecule has 3 heterocycles. The third-order valence-corrected chi connectivity index (χ3v) is 4.97. The van der Waals surface area contributed by atoms with Gasteiger partial charge in [-0.2, -0.15) is 5.10 Å². The number of hydrogen-bond donors (Lipinski definition) is 0. The number of carbonyl (C=O) groups excluding carboxylic acids is 1. The average Bonchev–Trinajstić information content (AvgIpc) is 2.81. The number of rotatable bonds is 3. The molecule has 0 saturated carbocycles. The van der Waals surface area contributed by atoms with Crippen molar-refractivity contribution in [1.29, 1.82) is 0 Å². The second-order valence-corrected chi connectivity index (χ2v) is 6.70. The second kappa shape index (κ2) is 6.71. The summed E-state index contributed by atoms with van der Waals surface area (Å²) in [6.07, 6.45) is 6.54. The fourth-order valence-corrected chi connectivity index (χ4v) is 3.63. The normalized spacial score (nSPS) is 18.0. The van der Waals surface area contributed by atoms with Crippen LogP contribution in [0.1, 0.15) is 36.8 Å². The van der Waals surface area contributed by atoms with Crippen LogP contribution in [0.25, 0.3) is 11.3 Å². The molecule has 0 spiro atoms. The van der Waals surface area contributed by atoms with Crippen molar-refractivity contribution in [2.24, 2.45) is 13.0 Å². The lowest BCUT2D eigenvalue weighted by Gasteiger charge is -2.32. The fourth-order valence-electron chi connectivity index (χ4n) is 3.63. The van der Waals surface area contributed by atoms with Crippen LogP contribution in [0.15, 0.2) is 12.4 Å². The van der Waals surface area contributed by atoms with Gasteiger partial charge in [0.25, 0.3) is 0 Å². The molecule has 1 aliphatic rings. The first-order valence-corrected chi connectivity index (χ1v) is 8.53. The number of amides is 1. The number of hydrogen-bond acceptors (Lipinski definition) is 4. The zero-order chi connectivity index (χ0) is 17.3. The standard InChI is InChI=1S/C18H25N5O/c1-12-17(13(2)22(4)21-12)18-16(19-7-8-20-18)10-15-6-5-9-23(11-15)14(3)24/h7-8,15H,5-6,9-11H2,1-4H3/t15-/m0/s1. The number of carbonyl (C=O) groups is 1. The topological polar surface area (TPSA) is 63.9 Å². The van der Waals surface area contributed by atoms with Gasteiger partial charge in [-0.1, -0.05) is 0 Å². The Morgan fingerprint density at radius 3 is 2.71 bits per heavy atom. The van der Waals surface area contributed by atoms with Crippen molar-refractivity contribution < 1.29 is 4.79 Å². The van der Waals surface area contributed by atoms with E-state index in [0.717, 1.165) is 60.7 Å². The van der Waals surface area contributed by atoms with E-state index in [9.17, 15) is 4.79 Å². The monoisotopic (exact) mass is 327 g/mol. The highest BCUT2D eigenvalue weighted by molar-refractivity contribution is 5.73. The van der Waals surface area contributed by atoms with Gasteiger partial charge in [-0.05, 0) is 39.0 Å². The molecule has 0 aliphatic carbocycles. The number of nitrogens with zero attached hydrogens (tertiary/aromatic N) is 5. The maximum Gasteiger partial charge on any atom is 0.219 e. The van der Waals surface area contributed by atoms with Crippen LogP contribution in [0.2, 0.25) is 0 Å². The van der Waals surface area contributed by atoms with Gasteiger partial charge in [-0.15, -0.1) is 0 Å². The molecule has 1 amide bonds. The lowest BCUT2D eigenvalue weighted by atomic mass is 9.91. The summed E-state index contributed by atoms with van der Waals surface area (Å²) in [7, 11) is 1.95. The van der Waals surface area contributed by atoms with Crippen LogP contribution < -0.4 is 0 Å². The molecule has 0 aromatic carbocycles. The van der Waals surface area contributed by atoms with E-state index in [0.29, 0.717) is 5.92 Å². The van der Waals surface area contributed by atoms with Crippen LogP contribution in [0.4, 0.5) is 0 Å². The lowest BCUT2D eigenvalue weighted by molar-refractivity contribution is -0.130. The van der Waals surface area contributed by atoms with E-state index in [4.69, 9.17) is 0 Å². The van der Waals surface area contributed by atoms with Crippen LogP contribution in [0.5, 0.6) is 0 Å². The summed E-state index contributed by atoms with van der Waals surface area (Å²) in [6, 6.07) is 0. The van der Waals surface area contributed by atoms with Crippen molar-refractivity contribution in [2.45, 2.75) is 40.0 Å². The van der Waals surface area contributed by atoms with Crippen molar-refractivity contribution in [2.75, 3.05) is 13.1 Å². The predicted molar refractivity (Wildman–Crippen MR) is 92.4 cm³/mol. The number of aromatic nitrogens is 4. The smallest absolute Gasteiger partial charge is 0.219 e. The molecule has 0 radical (unpaired) electrons. The van der Waals surface area contributed by atoms with E-state index in [1.807, 2.05) is 23.6 Å². The molecule has 24 heavy (non-hydrogen) atoms. The van der Waals surface area contributed by atoms with Gasteiger partial charge in [0.05, 0.1) is 17.1 Å². The van der Waals surface area contributed by atoms with Gasteiger partial charge in [0, 0.05) is 50.7 Å². The second-order valence-electron chi connectivity index (χ2n) is 6.70. The third-order valence-electron chi connectivity index (χ3n) is 4.97. The first kappa shape index (κ1) is 16.6. The van der Waals surface area contributed by atoms with Crippen LogP contribution in [-0.4, -0.2) is 43.6 Å². The Bertz CT molecular complexity index is 752. The minimum absolute atomic E-state index is 0.165. The van der Waals surface area contributed by atoms with Crippen LogP contribution in [-0.2, 0) is 18.3 Å². The lowest BCUT2D eigenvalue weighted by Crippen LogP contribution is -2.39.